The molecule has 0 unspecified atom stereocenters. The van der Waals surface area contributed by atoms with E-state index in [2.05, 4.69) is 5.10 Å². The van der Waals surface area contributed by atoms with E-state index in [9.17, 15) is 9.18 Å². The SMILES string of the molecule is CCc1cc(-c2ccc(F)cc2)n(Cc2ccc(C(=O)NO)cc2)n1. The number of nitrogens with one attached hydrogen (secondary N) is 1. The summed E-state index contributed by atoms with van der Waals surface area (Å²) < 4.78 is 15.0. The summed E-state index contributed by atoms with van der Waals surface area (Å²) in [5, 5.41) is 13.3. The second kappa shape index (κ2) is 7.27. The summed E-state index contributed by atoms with van der Waals surface area (Å²) in [6.07, 6.45) is 0.802. The molecule has 0 bridgehead atoms. The van der Waals surface area contributed by atoms with Crippen molar-refractivity contribution in [2.24, 2.45) is 0 Å². The molecule has 0 atom stereocenters. The Labute approximate surface area is 144 Å². The molecule has 1 amide bonds. The fourth-order valence-corrected chi connectivity index (χ4v) is 2.62. The van der Waals surface area contributed by atoms with Gasteiger partial charge in [-0.3, -0.25) is 14.7 Å². The second-order valence-corrected chi connectivity index (χ2v) is 5.68. The van der Waals surface area contributed by atoms with Crippen LogP contribution in [0.4, 0.5) is 4.39 Å². The molecule has 2 aromatic carbocycles. The topological polar surface area (TPSA) is 67.2 Å². The molecule has 2 N–H and O–H groups in total. The summed E-state index contributed by atoms with van der Waals surface area (Å²) in [5.41, 5.74) is 5.70. The number of aryl methyl sites for hydroxylation is 1. The van der Waals surface area contributed by atoms with Crippen LogP contribution >= 0.6 is 0 Å². The van der Waals surface area contributed by atoms with E-state index in [0.717, 1.165) is 28.9 Å². The monoisotopic (exact) mass is 339 g/mol. The zero-order valence-electron chi connectivity index (χ0n) is 13.7. The molecular formula is C19H18FN3O2. The molecule has 0 saturated carbocycles. The van der Waals surface area contributed by atoms with Gasteiger partial charge in [0, 0.05) is 11.1 Å². The first-order chi connectivity index (χ1) is 12.1. The van der Waals surface area contributed by atoms with Gasteiger partial charge >= 0.3 is 0 Å². The largest absolute Gasteiger partial charge is 0.288 e. The van der Waals surface area contributed by atoms with E-state index in [4.69, 9.17) is 5.21 Å². The minimum absolute atomic E-state index is 0.275. The van der Waals surface area contributed by atoms with Crippen molar-refractivity contribution in [2.75, 3.05) is 0 Å². The lowest BCUT2D eigenvalue weighted by Gasteiger charge is -2.08. The average molecular weight is 339 g/mol. The molecule has 0 fully saturated rings. The number of carbonyl (C=O) groups excluding carboxylic acids is 1. The summed E-state index contributed by atoms with van der Waals surface area (Å²) >= 11 is 0. The van der Waals surface area contributed by atoms with Crippen LogP contribution in [0.3, 0.4) is 0 Å². The van der Waals surface area contributed by atoms with Crippen molar-refractivity contribution in [1.82, 2.24) is 15.3 Å². The van der Waals surface area contributed by atoms with Crippen molar-refractivity contribution in [3.05, 3.63) is 77.2 Å². The van der Waals surface area contributed by atoms with Gasteiger partial charge in [-0.05, 0) is 54.4 Å². The van der Waals surface area contributed by atoms with Gasteiger partial charge in [0.25, 0.3) is 5.91 Å². The number of rotatable bonds is 5. The van der Waals surface area contributed by atoms with Crippen LogP contribution in [0.25, 0.3) is 11.3 Å². The maximum absolute atomic E-state index is 13.2. The van der Waals surface area contributed by atoms with Gasteiger partial charge in [-0.15, -0.1) is 0 Å². The number of carbonyl (C=O) groups is 1. The Balaban J connectivity index is 1.90. The molecule has 3 aromatic rings. The first-order valence-corrected chi connectivity index (χ1v) is 7.96. The first kappa shape index (κ1) is 16.9. The summed E-state index contributed by atoms with van der Waals surface area (Å²) in [6, 6.07) is 15.2. The van der Waals surface area contributed by atoms with Gasteiger partial charge < -0.3 is 0 Å². The van der Waals surface area contributed by atoms with Crippen LogP contribution in [0.5, 0.6) is 0 Å². The third-order valence-electron chi connectivity index (χ3n) is 3.98. The minimum Gasteiger partial charge on any atom is -0.288 e. The highest BCUT2D eigenvalue weighted by Crippen LogP contribution is 2.22. The fraction of sp³-hybridized carbons (Fsp3) is 0.158. The van der Waals surface area contributed by atoms with E-state index in [1.165, 1.54) is 12.1 Å². The lowest BCUT2D eigenvalue weighted by Crippen LogP contribution is -2.18. The van der Waals surface area contributed by atoms with Crippen LogP contribution in [0.15, 0.2) is 54.6 Å². The summed E-state index contributed by atoms with van der Waals surface area (Å²) in [6.45, 7) is 2.55. The maximum atomic E-state index is 13.2. The number of aromatic nitrogens is 2. The smallest absolute Gasteiger partial charge is 0.274 e. The third kappa shape index (κ3) is 3.75. The minimum atomic E-state index is -0.550. The normalized spacial score (nSPS) is 10.7. The van der Waals surface area contributed by atoms with E-state index in [1.807, 2.05) is 29.8 Å². The predicted octanol–water partition coefficient (Wildman–Crippen LogP) is 3.42. The molecule has 0 radical (unpaired) electrons. The van der Waals surface area contributed by atoms with Crippen molar-refractivity contribution in [2.45, 2.75) is 19.9 Å². The zero-order chi connectivity index (χ0) is 17.8. The highest BCUT2D eigenvalue weighted by atomic mass is 19.1. The molecule has 0 aliphatic carbocycles. The van der Waals surface area contributed by atoms with E-state index < -0.39 is 5.91 Å². The first-order valence-electron chi connectivity index (χ1n) is 7.96. The number of halogens is 1. The summed E-state index contributed by atoms with van der Waals surface area (Å²) in [5.74, 6) is -0.825. The Kier molecular flexibility index (Phi) is 4.90. The second-order valence-electron chi connectivity index (χ2n) is 5.68. The van der Waals surface area contributed by atoms with Crippen molar-refractivity contribution >= 4 is 5.91 Å². The van der Waals surface area contributed by atoms with Gasteiger partial charge in [-0.2, -0.15) is 5.10 Å². The molecule has 0 spiro atoms. The molecule has 128 valence electrons. The van der Waals surface area contributed by atoms with Crippen LogP contribution < -0.4 is 5.48 Å². The van der Waals surface area contributed by atoms with Crippen molar-refractivity contribution < 1.29 is 14.4 Å². The van der Waals surface area contributed by atoms with Gasteiger partial charge in [-0.25, -0.2) is 9.87 Å². The number of hydroxylamine groups is 1. The molecule has 0 saturated heterocycles. The highest BCUT2D eigenvalue weighted by Gasteiger charge is 2.11. The van der Waals surface area contributed by atoms with Crippen LogP contribution in [0, 0.1) is 5.82 Å². The predicted molar refractivity (Wildman–Crippen MR) is 91.8 cm³/mol. The number of amides is 1. The quantitative estimate of drug-likeness (QED) is 0.553. The standard InChI is InChI=1S/C19H18FN3O2/c1-2-17-11-18(14-7-9-16(20)10-8-14)23(21-17)12-13-3-5-15(6-4-13)19(24)22-25/h3-11,25H,2,12H2,1H3,(H,22,24). The zero-order valence-corrected chi connectivity index (χ0v) is 13.7. The van der Waals surface area contributed by atoms with E-state index in [-0.39, 0.29) is 5.82 Å². The van der Waals surface area contributed by atoms with Crippen LogP contribution in [0.1, 0.15) is 28.5 Å². The van der Waals surface area contributed by atoms with E-state index in [1.54, 1.807) is 29.7 Å². The lowest BCUT2D eigenvalue weighted by atomic mass is 10.1. The Morgan fingerprint density at radius 3 is 2.44 bits per heavy atom. The van der Waals surface area contributed by atoms with Gasteiger partial charge in [0.05, 0.1) is 17.9 Å². The Bertz CT molecular complexity index is 871. The summed E-state index contributed by atoms with van der Waals surface area (Å²) in [4.78, 5) is 11.4. The number of nitrogens with zero attached hydrogens (tertiary/aromatic N) is 2. The Morgan fingerprint density at radius 2 is 1.84 bits per heavy atom. The third-order valence-corrected chi connectivity index (χ3v) is 3.98. The molecule has 0 aliphatic heterocycles. The number of hydrogen-bond acceptors (Lipinski definition) is 3. The molecule has 6 heteroatoms. The molecule has 0 aliphatic rings. The molecular weight excluding hydrogens is 321 g/mol. The Hall–Kier alpha value is -2.99. The molecule has 5 nitrogen and oxygen atoms in total. The summed E-state index contributed by atoms with van der Waals surface area (Å²) in [7, 11) is 0. The molecule has 1 heterocycles. The average Bonchev–Trinajstić information content (AvgIpc) is 3.05. The van der Waals surface area contributed by atoms with E-state index >= 15 is 0 Å². The van der Waals surface area contributed by atoms with Crippen LogP contribution in [-0.2, 0) is 13.0 Å². The van der Waals surface area contributed by atoms with Gasteiger partial charge in [0.1, 0.15) is 5.82 Å². The van der Waals surface area contributed by atoms with Crippen molar-refractivity contribution in [1.29, 1.82) is 0 Å². The number of hydrogen-bond donors (Lipinski definition) is 2. The van der Waals surface area contributed by atoms with Crippen LogP contribution in [-0.4, -0.2) is 20.9 Å². The van der Waals surface area contributed by atoms with Gasteiger partial charge in [0.15, 0.2) is 0 Å². The molecule has 25 heavy (non-hydrogen) atoms. The maximum Gasteiger partial charge on any atom is 0.274 e. The van der Waals surface area contributed by atoms with Crippen molar-refractivity contribution in [3.63, 3.8) is 0 Å². The number of benzene rings is 2. The van der Waals surface area contributed by atoms with Gasteiger partial charge in [0.2, 0.25) is 0 Å². The highest BCUT2D eigenvalue weighted by molar-refractivity contribution is 5.93. The molecule has 1 aromatic heterocycles. The van der Waals surface area contributed by atoms with Gasteiger partial charge in [-0.1, -0.05) is 19.1 Å². The van der Waals surface area contributed by atoms with Crippen LogP contribution in [0.2, 0.25) is 0 Å². The lowest BCUT2D eigenvalue weighted by molar-refractivity contribution is 0.0706. The molecule has 3 rings (SSSR count). The Morgan fingerprint density at radius 1 is 1.16 bits per heavy atom. The fourth-order valence-electron chi connectivity index (χ4n) is 2.62. The van der Waals surface area contributed by atoms with E-state index in [0.29, 0.717) is 12.1 Å². The van der Waals surface area contributed by atoms with Crippen molar-refractivity contribution in [3.8, 4) is 11.3 Å².